The van der Waals surface area contributed by atoms with Crippen LogP contribution < -0.4 is 5.32 Å². The zero-order valence-electron chi connectivity index (χ0n) is 11.2. The highest BCUT2D eigenvalue weighted by Gasteiger charge is 2.05. The lowest BCUT2D eigenvalue weighted by molar-refractivity contribution is 0.0952. The molecular formula is C16H18N2O2. The fraction of sp³-hybridized carbons (Fsp3) is 0.250. The van der Waals surface area contributed by atoms with Crippen LogP contribution in [0.3, 0.4) is 0 Å². The third-order valence-corrected chi connectivity index (χ3v) is 2.98. The van der Waals surface area contributed by atoms with Gasteiger partial charge in [-0.2, -0.15) is 0 Å². The number of carbonyl (C=O) groups excluding carboxylic acids is 1. The van der Waals surface area contributed by atoms with Gasteiger partial charge in [-0.25, -0.2) is 0 Å². The minimum absolute atomic E-state index is 0.0875. The first kappa shape index (κ1) is 14.2. The number of hydrogen-bond acceptors (Lipinski definition) is 3. The van der Waals surface area contributed by atoms with Gasteiger partial charge < -0.3 is 10.4 Å². The van der Waals surface area contributed by atoms with Crippen molar-refractivity contribution in [3.05, 3.63) is 54.2 Å². The van der Waals surface area contributed by atoms with E-state index in [0.717, 1.165) is 17.7 Å². The molecular weight excluding hydrogens is 252 g/mol. The lowest BCUT2D eigenvalue weighted by Crippen LogP contribution is -2.24. The van der Waals surface area contributed by atoms with Crippen LogP contribution in [0.1, 0.15) is 23.2 Å². The maximum Gasteiger partial charge on any atom is 0.251 e. The van der Waals surface area contributed by atoms with E-state index in [9.17, 15) is 4.79 Å². The van der Waals surface area contributed by atoms with E-state index in [1.165, 1.54) is 0 Å². The van der Waals surface area contributed by atoms with Crippen molar-refractivity contribution in [2.75, 3.05) is 13.2 Å². The molecule has 20 heavy (non-hydrogen) atoms. The summed E-state index contributed by atoms with van der Waals surface area (Å²) in [6.45, 7) is 0.746. The van der Waals surface area contributed by atoms with Gasteiger partial charge in [0.1, 0.15) is 0 Å². The molecule has 0 saturated carbocycles. The molecule has 2 N–H and O–H groups in total. The van der Waals surface area contributed by atoms with Crippen molar-refractivity contribution in [1.29, 1.82) is 0 Å². The molecule has 0 radical (unpaired) electrons. The second-order valence-corrected chi connectivity index (χ2v) is 4.48. The zero-order valence-corrected chi connectivity index (χ0v) is 11.2. The van der Waals surface area contributed by atoms with Crippen LogP contribution in [0.4, 0.5) is 0 Å². The molecule has 0 bridgehead atoms. The smallest absolute Gasteiger partial charge is 0.251 e. The van der Waals surface area contributed by atoms with Crippen molar-refractivity contribution in [1.82, 2.24) is 10.3 Å². The molecule has 0 saturated heterocycles. The van der Waals surface area contributed by atoms with Crippen LogP contribution in [0.15, 0.2) is 48.7 Å². The van der Waals surface area contributed by atoms with Gasteiger partial charge in [0.05, 0.1) is 5.69 Å². The number of aliphatic hydroxyl groups excluding tert-OH is 1. The number of benzene rings is 1. The lowest BCUT2D eigenvalue weighted by Gasteiger charge is -2.05. The van der Waals surface area contributed by atoms with E-state index < -0.39 is 0 Å². The Morgan fingerprint density at radius 3 is 2.55 bits per heavy atom. The Morgan fingerprint density at radius 2 is 1.90 bits per heavy atom. The molecule has 0 aliphatic carbocycles. The predicted molar refractivity (Wildman–Crippen MR) is 78.3 cm³/mol. The van der Waals surface area contributed by atoms with E-state index in [1.54, 1.807) is 18.3 Å². The first-order valence-corrected chi connectivity index (χ1v) is 6.72. The number of hydrogen-bond donors (Lipinski definition) is 2. The number of aliphatic hydroxyl groups is 1. The molecule has 2 aromatic rings. The van der Waals surface area contributed by atoms with Gasteiger partial charge in [0.2, 0.25) is 0 Å². The second-order valence-electron chi connectivity index (χ2n) is 4.48. The fourth-order valence-electron chi connectivity index (χ4n) is 1.87. The molecule has 1 heterocycles. The third-order valence-electron chi connectivity index (χ3n) is 2.98. The van der Waals surface area contributed by atoms with Gasteiger partial charge in [0, 0.05) is 30.5 Å². The molecule has 1 amide bonds. The van der Waals surface area contributed by atoms with Crippen LogP contribution in [-0.2, 0) is 0 Å². The molecule has 0 fully saturated rings. The van der Waals surface area contributed by atoms with Crippen molar-refractivity contribution in [3.8, 4) is 11.3 Å². The number of rotatable bonds is 6. The van der Waals surface area contributed by atoms with Crippen molar-refractivity contribution in [2.24, 2.45) is 0 Å². The van der Waals surface area contributed by atoms with E-state index in [4.69, 9.17) is 5.11 Å². The summed E-state index contributed by atoms with van der Waals surface area (Å²) < 4.78 is 0. The van der Waals surface area contributed by atoms with Gasteiger partial charge in [-0.15, -0.1) is 0 Å². The first-order chi connectivity index (χ1) is 9.81. The monoisotopic (exact) mass is 270 g/mol. The topological polar surface area (TPSA) is 62.2 Å². The van der Waals surface area contributed by atoms with Crippen LogP contribution in [0.5, 0.6) is 0 Å². The van der Waals surface area contributed by atoms with Crippen LogP contribution in [0.25, 0.3) is 11.3 Å². The molecule has 0 aliphatic heterocycles. The maximum absolute atomic E-state index is 11.9. The normalized spacial score (nSPS) is 10.2. The Hall–Kier alpha value is -2.20. The SMILES string of the molecule is O=C(NCCCCO)c1ccc(-c2ccccn2)cc1. The zero-order chi connectivity index (χ0) is 14.2. The molecule has 4 heteroatoms. The van der Waals surface area contributed by atoms with Crippen molar-refractivity contribution >= 4 is 5.91 Å². The maximum atomic E-state index is 11.9. The van der Waals surface area contributed by atoms with E-state index in [2.05, 4.69) is 10.3 Å². The highest BCUT2D eigenvalue weighted by Crippen LogP contribution is 2.16. The van der Waals surface area contributed by atoms with Gasteiger partial charge in [0.15, 0.2) is 0 Å². The molecule has 1 aromatic heterocycles. The third kappa shape index (κ3) is 3.90. The van der Waals surface area contributed by atoms with Crippen LogP contribution in [0.2, 0.25) is 0 Å². The summed E-state index contributed by atoms with van der Waals surface area (Å²) in [5.74, 6) is -0.0875. The van der Waals surface area contributed by atoms with Crippen LogP contribution in [-0.4, -0.2) is 29.1 Å². The molecule has 0 atom stereocenters. The molecule has 2 rings (SSSR count). The van der Waals surface area contributed by atoms with E-state index in [-0.39, 0.29) is 12.5 Å². The Bertz CT molecular complexity index is 538. The van der Waals surface area contributed by atoms with Crippen molar-refractivity contribution in [3.63, 3.8) is 0 Å². The Balaban J connectivity index is 1.96. The van der Waals surface area contributed by atoms with Gasteiger partial charge in [-0.05, 0) is 37.1 Å². The summed E-state index contributed by atoms with van der Waals surface area (Å²) in [4.78, 5) is 16.1. The average Bonchev–Trinajstić information content (AvgIpc) is 2.52. The standard InChI is InChI=1S/C16H18N2O2/c19-12-4-3-11-18-16(20)14-8-6-13(7-9-14)15-5-1-2-10-17-15/h1-2,5-10,19H,3-4,11-12H2,(H,18,20). The average molecular weight is 270 g/mol. The summed E-state index contributed by atoms with van der Waals surface area (Å²) in [6, 6.07) is 13.1. The quantitative estimate of drug-likeness (QED) is 0.791. The van der Waals surface area contributed by atoms with E-state index in [1.807, 2.05) is 30.3 Å². The van der Waals surface area contributed by atoms with Gasteiger partial charge >= 0.3 is 0 Å². The van der Waals surface area contributed by atoms with E-state index in [0.29, 0.717) is 18.5 Å². The largest absolute Gasteiger partial charge is 0.396 e. The number of nitrogens with zero attached hydrogens (tertiary/aromatic N) is 1. The Morgan fingerprint density at radius 1 is 1.10 bits per heavy atom. The summed E-state index contributed by atoms with van der Waals surface area (Å²) >= 11 is 0. The lowest BCUT2D eigenvalue weighted by atomic mass is 10.1. The molecule has 0 spiro atoms. The predicted octanol–water partition coefficient (Wildman–Crippen LogP) is 2.25. The van der Waals surface area contributed by atoms with Crippen molar-refractivity contribution in [2.45, 2.75) is 12.8 Å². The fourth-order valence-corrected chi connectivity index (χ4v) is 1.87. The summed E-state index contributed by atoms with van der Waals surface area (Å²) in [7, 11) is 0. The first-order valence-electron chi connectivity index (χ1n) is 6.72. The number of unbranched alkanes of at least 4 members (excludes halogenated alkanes) is 1. The number of carbonyl (C=O) groups is 1. The Kier molecular flexibility index (Phi) is 5.26. The molecule has 104 valence electrons. The number of aromatic nitrogens is 1. The van der Waals surface area contributed by atoms with Gasteiger partial charge in [-0.3, -0.25) is 9.78 Å². The van der Waals surface area contributed by atoms with Crippen molar-refractivity contribution < 1.29 is 9.90 Å². The highest BCUT2D eigenvalue weighted by atomic mass is 16.2. The summed E-state index contributed by atoms with van der Waals surface area (Å²) in [5.41, 5.74) is 2.51. The van der Waals surface area contributed by atoms with E-state index >= 15 is 0 Å². The Labute approximate surface area is 118 Å². The second kappa shape index (κ2) is 7.40. The van der Waals surface area contributed by atoms with Gasteiger partial charge in [-0.1, -0.05) is 18.2 Å². The number of amides is 1. The van der Waals surface area contributed by atoms with Crippen LogP contribution in [0, 0.1) is 0 Å². The summed E-state index contributed by atoms with van der Waals surface area (Å²) in [6.07, 6.45) is 3.24. The minimum atomic E-state index is -0.0875. The molecule has 1 aromatic carbocycles. The summed E-state index contributed by atoms with van der Waals surface area (Å²) in [5, 5.41) is 11.5. The minimum Gasteiger partial charge on any atom is -0.396 e. The molecule has 4 nitrogen and oxygen atoms in total. The number of nitrogens with one attached hydrogen (secondary N) is 1. The number of pyridine rings is 1. The molecule has 0 unspecified atom stereocenters. The van der Waals surface area contributed by atoms with Crippen LogP contribution >= 0.6 is 0 Å². The highest BCUT2D eigenvalue weighted by molar-refractivity contribution is 5.94. The molecule has 0 aliphatic rings. The van der Waals surface area contributed by atoms with Gasteiger partial charge in [0.25, 0.3) is 5.91 Å².